The average molecular weight is 353 g/mol. The number of hydrogen-bond donors (Lipinski definition) is 2. The zero-order chi connectivity index (χ0) is 18.4. The van der Waals surface area contributed by atoms with E-state index in [0.29, 0.717) is 6.54 Å². The summed E-state index contributed by atoms with van der Waals surface area (Å²) in [4.78, 5) is 13.9. The Balaban J connectivity index is 1.46. The van der Waals surface area contributed by atoms with Crippen LogP contribution in [0.15, 0.2) is 48.5 Å². The van der Waals surface area contributed by atoms with Crippen LogP contribution in [0.4, 0.5) is 0 Å². The van der Waals surface area contributed by atoms with Crippen LogP contribution in [0.25, 0.3) is 0 Å². The predicted octanol–water partition coefficient (Wildman–Crippen LogP) is 2.26. The molecule has 3 rings (SSSR count). The second kappa shape index (κ2) is 8.86. The van der Waals surface area contributed by atoms with Crippen LogP contribution in [0.1, 0.15) is 36.5 Å². The van der Waals surface area contributed by atoms with Crippen molar-refractivity contribution in [3.8, 4) is 5.75 Å². The van der Waals surface area contributed by atoms with Crippen LogP contribution in [0.2, 0.25) is 0 Å². The lowest BCUT2D eigenvalue weighted by Gasteiger charge is -2.15. The van der Waals surface area contributed by atoms with Crippen molar-refractivity contribution in [2.24, 2.45) is 0 Å². The number of quaternary nitrogens is 1. The molecule has 1 heterocycles. The van der Waals surface area contributed by atoms with Crippen LogP contribution in [0.5, 0.6) is 5.75 Å². The molecule has 1 aliphatic heterocycles. The molecule has 0 aromatic heterocycles. The maximum atomic E-state index is 12.3. The monoisotopic (exact) mass is 353 g/mol. The van der Waals surface area contributed by atoms with Gasteiger partial charge < -0.3 is 15.0 Å². The topological polar surface area (TPSA) is 42.8 Å². The Morgan fingerprint density at radius 3 is 2.50 bits per heavy atom. The Bertz CT molecular complexity index is 721. The average Bonchev–Trinajstić information content (AvgIpc) is 3.14. The summed E-state index contributed by atoms with van der Waals surface area (Å²) < 4.78 is 5.72. The molecule has 0 spiro atoms. The highest BCUT2D eigenvalue weighted by Crippen LogP contribution is 2.14. The van der Waals surface area contributed by atoms with Gasteiger partial charge in [0.2, 0.25) is 0 Å². The van der Waals surface area contributed by atoms with Gasteiger partial charge in [0.15, 0.2) is 6.10 Å². The van der Waals surface area contributed by atoms with Crippen molar-refractivity contribution in [2.45, 2.75) is 45.9 Å². The lowest BCUT2D eigenvalue weighted by molar-refractivity contribution is -0.901. The molecule has 4 nitrogen and oxygen atoms in total. The summed E-state index contributed by atoms with van der Waals surface area (Å²) in [5.74, 6) is 0.624. The third kappa shape index (κ3) is 5.33. The number of aryl methyl sites for hydroxylation is 1. The van der Waals surface area contributed by atoms with Crippen molar-refractivity contribution >= 4 is 5.91 Å². The number of nitrogens with one attached hydrogen (secondary N) is 2. The van der Waals surface area contributed by atoms with Crippen LogP contribution in [0, 0.1) is 6.92 Å². The summed E-state index contributed by atoms with van der Waals surface area (Å²) in [7, 11) is 0. The maximum absolute atomic E-state index is 12.3. The van der Waals surface area contributed by atoms with E-state index >= 15 is 0 Å². The summed E-state index contributed by atoms with van der Waals surface area (Å²) in [5, 5.41) is 2.96. The van der Waals surface area contributed by atoms with Crippen LogP contribution in [0.3, 0.4) is 0 Å². The van der Waals surface area contributed by atoms with E-state index in [0.717, 1.165) is 23.4 Å². The van der Waals surface area contributed by atoms with Crippen molar-refractivity contribution in [3.05, 3.63) is 65.2 Å². The zero-order valence-corrected chi connectivity index (χ0v) is 15.8. The largest absolute Gasteiger partial charge is 0.481 e. The molecule has 0 radical (unpaired) electrons. The number of ether oxygens (including phenoxy) is 1. The minimum atomic E-state index is -0.519. The first-order chi connectivity index (χ1) is 12.6. The number of benzene rings is 2. The molecule has 2 aromatic carbocycles. The standard InChI is InChI=1S/C22H28N2O2/c1-17-6-5-7-21(14-17)26-18(2)22(25)23-15-19-8-10-20(11-9-19)16-24-12-3-4-13-24/h5-11,14,18H,3-4,12-13,15-16H2,1-2H3,(H,23,25)/p+1/t18-/m1/s1. The smallest absolute Gasteiger partial charge is 0.261 e. The molecule has 1 fully saturated rings. The summed E-state index contributed by atoms with van der Waals surface area (Å²) >= 11 is 0. The quantitative estimate of drug-likeness (QED) is 0.802. The molecule has 2 aromatic rings. The number of rotatable bonds is 7. The molecule has 0 bridgehead atoms. The van der Waals surface area contributed by atoms with Crippen LogP contribution in [-0.4, -0.2) is 25.1 Å². The van der Waals surface area contributed by atoms with Gasteiger partial charge in [-0.2, -0.15) is 0 Å². The zero-order valence-electron chi connectivity index (χ0n) is 15.8. The SMILES string of the molecule is Cc1cccc(O[C@H](C)C(=O)NCc2ccc(C[NH+]3CCCC3)cc2)c1. The van der Waals surface area contributed by atoms with Gasteiger partial charge in [-0.05, 0) is 37.1 Å². The number of amides is 1. The maximum Gasteiger partial charge on any atom is 0.261 e. The molecule has 4 heteroatoms. The Kier molecular flexibility index (Phi) is 6.29. The fourth-order valence-corrected chi connectivity index (χ4v) is 3.39. The van der Waals surface area contributed by atoms with E-state index in [1.165, 1.54) is 31.5 Å². The Labute approximate surface area is 156 Å². The molecule has 1 saturated heterocycles. The number of hydrogen-bond acceptors (Lipinski definition) is 2. The van der Waals surface area contributed by atoms with Crippen LogP contribution < -0.4 is 15.0 Å². The van der Waals surface area contributed by atoms with Crippen molar-refractivity contribution in [1.29, 1.82) is 0 Å². The second-order valence-electron chi connectivity index (χ2n) is 7.24. The van der Waals surface area contributed by atoms with E-state index in [9.17, 15) is 4.79 Å². The Morgan fingerprint density at radius 1 is 1.12 bits per heavy atom. The van der Waals surface area contributed by atoms with Gasteiger partial charge in [-0.3, -0.25) is 4.79 Å². The Hall–Kier alpha value is -2.33. The molecule has 1 atom stereocenters. The van der Waals surface area contributed by atoms with Gasteiger partial charge in [0, 0.05) is 24.9 Å². The van der Waals surface area contributed by atoms with E-state index in [4.69, 9.17) is 4.74 Å². The van der Waals surface area contributed by atoms with Crippen LogP contribution >= 0.6 is 0 Å². The van der Waals surface area contributed by atoms with Crippen molar-refractivity contribution < 1.29 is 14.4 Å². The first-order valence-electron chi connectivity index (χ1n) is 9.52. The van der Waals surface area contributed by atoms with E-state index in [-0.39, 0.29) is 5.91 Å². The lowest BCUT2D eigenvalue weighted by atomic mass is 10.1. The summed E-state index contributed by atoms with van der Waals surface area (Å²) in [5.41, 5.74) is 3.60. The van der Waals surface area contributed by atoms with Crippen molar-refractivity contribution in [3.63, 3.8) is 0 Å². The molecule has 1 aliphatic rings. The van der Waals surface area contributed by atoms with Crippen LogP contribution in [-0.2, 0) is 17.9 Å². The number of carbonyl (C=O) groups is 1. The van der Waals surface area contributed by atoms with Gasteiger partial charge in [-0.15, -0.1) is 0 Å². The minimum Gasteiger partial charge on any atom is -0.481 e. The van der Waals surface area contributed by atoms with Crippen molar-refractivity contribution in [1.82, 2.24) is 5.32 Å². The Morgan fingerprint density at radius 2 is 1.81 bits per heavy atom. The first kappa shape index (κ1) is 18.5. The van der Waals surface area contributed by atoms with E-state index in [1.807, 2.05) is 31.2 Å². The molecule has 0 aliphatic carbocycles. The number of carbonyl (C=O) groups excluding carboxylic acids is 1. The van der Waals surface area contributed by atoms with E-state index in [1.54, 1.807) is 11.8 Å². The molecular weight excluding hydrogens is 324 g/mol. The molecule has 138 valence electrons. The predicted molar refractivity (Wildman–Crippen MR) is 103 cm³/mol. The van der Waals surface area contributed by atoms with Gasteiger partial charge in [0.25, 0.3) is 5.91 Å². The summed E-state index contributed by atoms with van der Waals surface area (Å²) in [6.07, 6.45) is 2.18. The highest BCUT2D eigenvalue weighted by Gasteiger charge is 2.16. The number of likely N-dealkylation sites (tertiary alicyclic amines) is 1. The highest BCUT2D eigenvalue weighted by molar-refractivity contribution is 5.80. The van der Waals surface area contributed by atoms with E-state index in [2.05, 4.69) is 29.6 Å². The van der Waals surface area contributed by atoms with Gasteiger partial charge in [0.05, 0.1) is 13.1 Å². The summed E-state index contributed by atoms with van der Waals surface area (Å²) in [6.45, 7) is 7.99. The highest BCUT2D eigenvalue weighted by atomic mass is 16.5. The van der Waals surface area contributed by atoms with Gasteiger partial charge in [-0.1, -0.05) is 36.4 Å². The van der Waals surface area contributed by atoms with Crippen molar-refractivity contribution in [2.75, 3.05) is 13.1 Å². The summed E-state index contributed by atoms with van der Waals surface area (Å²) in [6, 6.07) is 16.3. The molecule has 2 N–H and O–H groups in total. The fraction of sp³-hybridized carbons (Fsp3) is 0.409. The molecule has 0 saturated carbocycles. The van der Waals surface area contributed by atoms with Gasteiger partial charge in [0.1, 0.15) is 12.3 Å². The molecule has 1 amide bonds. The normalized spacial score (nSPS) is 15.6. The third-order valence-electron chi connectivity index (χ3n) is 4.93. The van der Waals surface area contributed by atoms with E-state index < -0.39 is 6.10 Å². The second-order valence-corrected chi connectivity index (χ2v) is 7.24. The van der Waals surface area contributed by atoms with Gasteiger partial charge in [-0.25, -0.2) is 0 Å². The fourth-order valence-electron chi connectivity index (χ4n) is 3.39. The first-order valence-corrected chi connectivity index (χ1v) is 9.52. The minimum absolute atomic E-state index is 0.0999. The van der Waals surface area contributed by atoms with Gasteiger partial charge >= 0.3 is 0 Å². The lowest BCUT2D eigenvalue weighted by Crippen LogP contribution is -3.08. The third-order valence-corrected chi connectivity index (χ3v) is 4.93. The molecule has 0 unspecified atom stereocenters. The molecule has 26 heavy (non-hydrogen) atoms. The molecular formula is C22H29N2O2+.